The molecule has 0 atom stereocenters. The molecular formula is C17H14O2. The second kappa shape index (κ2) is 4.73. The first-order valence-corrected chi connectivity index (χ1v) is 6.26. The fraction of sp³-hybridized carbons (Fsp3) is 0.118. The van der Waals surface area contributed by atoms with Crippen molar-refractivity contribution in [2.75, 3.05) is 7.11 Å². The number of esters is 1. The summed E-state index contributed by atoms with van der Waals surface area (Å²) < 4.78 is 4.92. The summed E-state index contributed by atoms with van der Waals surface area (Å²) >= 11 is 0. The van der Waals surface area contributed by atoms with Crippen molar-refractivity contribution >= 4 is 11.5 Å². The summed E-state index contributed by atoms with van der Waals surface area (Å²) in [4.78, 5) is 12.0. The predicted molar refractivity (Wildman–Crippen MR) is 74.6 cm³/mol. The van der Waals surface area contributed by atoms with Crippen LogP contribution in [-0.4, -0.2) is 13.1 Å². The molecule has 0 amide bonds. The first-order valence-electron chi connectivity index (χ1n) is 6.26. The predicted octanol–water partition coefficient (Wildman–Crippen LogP) is 3.22. The molecule has 0 unspecified atom stereocenters. The van der Waals surface area contributed by atoms with Crippen molar-refractivity contribution in [2.45, 2.75) is 6.42 Å². The molecule has 0 bridgehead atoms. The maximum atomic E-state index is 12.0. The van der Waals surface area contributed by atoms with Gasteiger partial charge in [-0.1, -0.05) is 54.6 Å². The third-order valence-electron chi connectivity index (χ3n) is 3.45. The van der Waals surface area contributed by atoms with E-state index >= 15 is 0 Å². The van der Waals surface area contributed by atoms with Gasteiger partial charge in [-0.15, -0.1) is 0 Å². The van der Waals surface area contributed by atoms with Crippen LogP contribution in [0.4, 0.5) is 0 Å². The van der Waals surface area contributed by atoms with E-state index in [-0.39, 0.29) is 5.97 Å². The topological polar surface area (TPSA) is 26.3 Å². The Labute approximate surface area is 112 Å². The minimum Gasteiger partial charge on any atom is -0.466 e. The number of methoxy groups -OCH3 is 1. The lowest BCUT2D eigenvalue weighted by Gasteiger charge is -2.07. The number of fused-ring (bicyclic) bond motifs is 1. The van der Waals surface area contributed by atoms with Gasteiger partial charge in [0.2, 0.25) is 0 Å². The zero-order valence-corrected chi connectivity index (χ0v) is 10.7. The summed E-state index contributed by atoms with van der Waals surface area (Å²) in [6.07, 6.45) is 0.646. The zero-order valence-electron chi connectivity index (χ0n) is 10.7. The highest BCUT2D eigenvalue weighted by atomic mass is 16.5. The van der Waals surface area contributed by atoms with Crippen LogP contribution in [0.25, 0.3) is 5.57 Å². The molecule has 1 aliphatic carbocycles. The normalized spacial score (nSPS) is 13.3. The monoisotopic (exact) mass is 250 g/mol. The third-order valence-corrected chi connectivity index (χ3v) is 3.45. The lowest BCUT2D eigenvalue weighted by atomic mass is 9.98. The summed E-state index contributed by atoms with van der Waals surface area (Å²) in [5.74, 6) is -0.241. The van der Waals surface area contributed by atoms with Crippen LogP contribution >= 0.6 is 0 Å². The van der Waals surface area contributed by atoms with Crippen LogP contribution in [-0.2, 0) is 16.0 Å². The van der Waals surface area contributed by atoms with Crippen LogP contribution in [0.1, 0.15) is 16.7 Å². The Hall–Kier alpha value is -2.35. The molecule has 1 aliphatic rings. The average molecular weight is 250 g/mol. The Morgan fingerprint density at radius 1 is 1.00 bits per heavy atom. The molecule has 3 rings (SSSR count). The summed E-state index contributed by atoms with van der Waals surface area (Å²) in [6, 6.07) is 18.1. The Morgan fingerprint density at radius 3 is 2.42 bits per heavy atom. The number of benzene rings is 2. The largest absolute Gasteiger partial charge is 0.466 e. The number of rotatable bonds is 2. The summed E-state index contributed by atoms with van der Waals surface area (Å²) in [5, 5.41) is 0. The van der Waals surface area contributed by atoms with E-state index in [9.17, 15) is 4.79 Å². The number of hydrogen-bond acceptors (Lipinski definition) is 2. The van der Waals surface area contributed by atoms with Crippen molar-refractivity contribution in [1.29, 1.82) is 0 Å². The highest BCUT2D eigenvalue weighted by Gasteiger charge is 2.27. The molecule has 0 saturated carbocycles. The fourth-order valence-corrected chi connectivity index (χ4v) is 2.59. The van der Waals surface area contributed by atoms with E-state index in [0.717, 1.165) is 22.3 Å². The summed E-state index contributed by atoms with van der Waals surface area (Å²) in [7, 11) is 1.43. The maximum Gasteiger partial charge on any atom is 0.334 e. The molecule has 2 heteroatoms. The number of ether oxygens (including phenoxy) is 1. The van der Waals surface area contributed by atoms with Gasteiger partial charge in [-0.05, 0) is 22.3 Å². The average Bonchev–Trinajstić information content (AvgIpc) is 2.86. The molecule has 0 saturated heterocycles. The van der Waals surface area contributed by atoms with Gasteiger partial charge in [-0.2, -0.15) is 0 Å². The lowest BCUT2D eigenvalue weighted by molar-refractivity contribution is -0.136. The molecular weight excluding hydrogens is 236 g/mol. The molecule has 94 valence electrons. The van der Waals surface area contributed by atoms with E-state index in [1.54, 1.807) is 0 Å². The number of carbonyl (C=O) groups is 1. The second-order valence-electron chi connectivity index (χ2n) is 4.55. The molecule has 2 nitrogen and oxygen atoms in total. The van der Waals surface area contributed by atoms with Crippen molar-refractivity contribution in [3.05, 3.63) is 76.9 Å². The van der Waals surface area contributed by atoms with Gasteiger partial charge in [0, 0.05) is 12.0 Å². The SMILES string of the molecule is COC(=O)C1=C(c2ccccc2)c2ccccc2C1. The lowest BCUT2D eigenvalue weighted by Crippen LogP contribution is -2.06. The van der Waals surface area contributed by atoms with E-state index in [2.05, 4.69) is 12.1 Å². The highest BCUT2D eigenvalue weighted by molar-refractivity contribution is 6.05. The minimum atomic E-state index is -0.241. The van der Waals surface area contributed by atoms with Crippen LogP contribution in [0.2, 0.25) is 0 Å². The molecule has 0 aromatic heterocycles. The van der Waals surface area contributed by atoms with Crippen LogP contribution < -0.4 is 0 Å². The van der Waals surface area contributed by atoms with E-state index in [0.29, 0.717) is 6.42 Å². The van der Waals surface area contributed by atoms with Crippen LogP contribution in [0, 0.1) is 0 Å². The summed E-state index contributed by atoms with van der Waals surface area (Å²) in [6.45, 7) is 0. The van der Waals surface area contributed by atoms with Crippen LogP contribution in [0.15, 0.2) is 60.2 Å². The Balaban J connectivity index is 2.21. The molecule has 0 heterocycles. The van der Waals surface area contributed by atoms with Crippen molar-refractivity contribution < 1.29 is 9.53 Å². The smallest absolute Gasteiger partial charge is 0.334 e. The van der Waals surface area contributed by atoms with Gasteiger partial charge in [-0.3, -0.25) is 0 Å². The van der Waals surface area contributed by atoms with Crippen molar-refractivity contribution in [3.8, 4) is 0 Å². The van der Waals surface area contributed by atoms with Gasteiger partial charge in [-0.25, -0.2) is 4.79 Å². The molecule has 0 spiro atoms. The highest BCUT2D eigenvalue weighted by Crippen LogP contribution is 2.37. The van der Waals surface area contributed by atoms with Gasteiger partial charge >= 0.3 is 5.97 Å². The number of carbonyl (C=O) groups excluding carboxylic acids is 1. The number of hydrogen-bond donors (Lipinski definition) is 0. The standard InChI is InChI=1S/C17H14O2/c1-19-17(18)15-11-13-9-5-6-10-14(13)16(15)12-7-3-2-4-8-12/h2-10H,11H2,1H3. The molecule has 2 aromatic carbocycles. The Bertz CT molecular complexity index is 654. The first-order chi connectivity index (χ1) is 9.31. The van der Waals surface area contributed by atoms with Gasteiger partial charge < -0.3 is 4.74 Å². The van der Waals surface area contributed by atoms with Crippen LogP contribution in [0.5, 0.6) is 0 Å². The van der Waals surface area contributed by atoms with Crippen molar-refractivity contribution in [2.24, 2.45) is 0 Å². The van der Waals surface area contributed by atoms with Gasteiger partial charge in [0.25, 0.3) is 0 Å². The molecule has 19 heavy (non-hydrogen) atoms. The Morgan fingerprint density at radius 2 is 1.68 bits per heavy atom. The maximum absolute atomic E-state index is 12.0. The molecule has 0 radical (unpaired) electrons. The third kappa shape index (κ3) is 1.95. The van der Waals surface area contributed by atoms with Crippen molar-refractivity contribution in [3.63, 3.8) is 0 Å². The summed E-state index contributed by atoms with van der Waals surface area (Å²) in [5.41, 5.74) is 5.13. The molecule has 0 N–H and O–H groups in total. The molecule has 0 aliphatic heterocycles. The Kier molecular flexibility index (Phi) is 2.92. The van der Waals surface area contributed by atoms with E-state index in [1.165, 1.54) is 12.7 Å². The second-order valence-corrected chi connectivity index (χ2v) is 4.55. The molecule has 2 aromatic rings. The molecule has 0 fully saturated rings. The fourth-order valence-electron chi connectivity index (χ4n) is 2.59. The van der Waals surface area contributed by atoms with Crippen molar-refractivity contribution in [1.82, 2.24) is 0 Å². The van der Waals surface area contributed by atoms with Crippen LogP contribution in [0.3, 0.4) is 0 Å². The van der Waals surface area contributed by atoms with E-state index < -0.39 is 0 Å². The van der Waals surface area contributed by atoms with E-state index in [1.807, 2.05) is 42.5 Å². The van der Waals surface area contributed by atoms with Gasteiger partial charge in [0.1, 0.15) is 0 Å². The zero-order chi connectivity index (χ0) is 13.2. The minimum absolute atomic E-state index is 0.241. The van der Waals surface area contributed by atoms with E-state index in [4.69, 9.17) is 4.74 Å². The van der Waals surface area contributed by atoms with Gasteiger partial charge in [0.15, 0.2) is 0 Å². The van der Waals surface area contributed by atoms with Gasteiger partial charge in [0.05, 0.1) is 7.11 Å². The quantitative estimate of drug-likeness (QED) is 0.765. The first kappa shape index (κ1) is 11.7.